The molecule has 0 unspecified atom stereocenters. The van der Waals surface area contributed by atoms with Gasteiger partial charge in [-0.1, -0.05) is 44.5 Å². The van der Waals surface area contributed by atoms with Crippen LogP contribution < -0.4 is 5.56 Å². The molecular formula is C15H16ClFN2O. The summed E-state index contributed by atoms with van der Waals surface area (Å²) in [5, 5.41) is 0.0665. The van der Waals surface area contributed by atoms with E-state index in [-0.39, 0.29) is 22.4 Å². The van der Waals surface area contributed by atoms with Crippen LogP contribution in [0.25, 0.3) is 0 Å². The zero-order valence-electron chi connectivity index (χ0n) is 11.6. The Morgan fingerprint density at radius 3 is 2.70 bits per heavy atom. The number of aromatic amines is 1. The second kappa shape index (κ2) is 5.37. The first kappa shape index (κ1) is 14.7. The monoisotopic (exact) mass is 294 g/mol. The first-order valence-corrected chi connectivity index (χ1v) is 6.69. The zero-order valence-corrected chi connectivity index (χ0v) is 12.4. The molecule has 1 aromatic carbocycles. The lowest BCUT2D eigenvalue weighted by Crippen LogP contribution is -2.21. The molecule has 2 aromatic rings. The lowest BCUT2D eigenvalue weighted by molar-refractivity contribution is 0.560. The number of nitrogens with zero attached hydrogens (tertiary/aromatic N) is 1. The predicted octanol–water partition coefficient (Wildman–Crippen LogP) is 3.45. The molecular weight excluding hydrogens is 279 g/mol. The predicted molar refractivity (Wildman–Crippen MR) is 77.8 cm³/mol. The molecule has 20 heavy (non-hydrogen) atoms. The fourth-order valence-electron chi connectivity index (χ4n) is 1.84. The lowest BCUT2D eigenvalue weighted by atomic mass is 9.92. The Kier molecular flexibility index (Phi) is 3.95. The van der Waals surface area contributed by atoms with Gasteiger partial charge in [-0.05, 0) is 11.6 Å². The number of H-pyrrole nitrogens is 1. The number of benzene rings is 1. The Morgan fingerprint density at radius 1 is 1.35 bits per heavy atom. The van der Waals surface area contributed by atoms with E-state index in [4.69, 9.17) is 11.6 Å². The molecule has 0 fully saturated rings. The molecule has 2 rings (SSSR count). The highest BCUT2D eigenvalue weighted by atomic mass is 35.5. The van der Waals surface area contributed by atoms with Crippen LogP contribution in [0.5, 0.6) is 0 Å². The van der Waals surface area contributed by atoms with Crippen LogP contribution in [0.3, 0.4) is 0 Å². The van der Waals surface area contributed by atoms with Gasteiger partial charge in [0.1, 0.15) is 11.6 Å². The number of rotatable bonds is 2. The van der Waals surface area contributed by atoms with Crippen LogP contribution in [0, 0.1) is 5.82 Å². The molecule has 0 saturated carbocycles. The van der Waals surface area contributed by atoms with Crippen molar-refractivity contribution in [3.8, 4) is 0 Å². The van der Waals surface area contributed by atoms with Gasteiger partial charge in [-0.25, -0.2) is 9.37 Å². The molecule has 0 aliphatic heterocycles. The normalized spacial score (nSPS) is 11.7. The highest BCUT2D eigenvalue weighted by Crippen LogP contribution is 2.21. The quantitative estimate of drug-likeness (QED) is 0.922. The van der Waals surface area contributed by atoms with Crippen LogP contribution in [-0.4, -0.2) is 9.97 Å². The average molecular weight is 295 g/mol. The van der Waals surface area contributed by atoms with Crippen LogP contribution in [0.4, 0.5) is 4.39 Å². The highest BCUT2D eigenvalue weighted by Gasteiger charge is 2.17. The molecule has 0 saturated heterocycles. The summed E-state index contributed by atoms with van der Waals surface area (Å²) in [7, 11) is 0. The third kappa shape index (κ3) is 3.25. The minimum atomic E-state index is -0.474. The van der Waals surface area contributed by atoms with Crippen LogP contribution in [0.1, 0.15) is 37.9 Å². The van der Waals surface area contributed by atoms with Crippen molar-refractivity contribution >= 4 is 11.6 Å². The molecule has 0 radical (unpaired) electrons. The smallest absolute Gasteiger partial charge is 0.251 e. The second-order valence-corrected chi connectivity index (χ2v) is 6.12. The van der Waals surface area contributed by atoms with Crippen molar-refractivity contribution in [2.45, 2.75) is 32.6 Å². The van der Waals surface area contributed by atoms with Gasteiger partial charge in [0.2, 0.25) is 0 Å². The molecule has 5 heteroatoms. The first-order valence-electron chi connectivity index (χ1n) is 6.31. The Balaban J connectivity index is 2.42. The van der Waals surface area contributed by atoms with Gasteiger partial charge in [-0.2, -0.15) is 0 Å². The van der Waals surface area contributed by atoms with Crippen LogP contribution in [-0.2, 0) is 11.8 Å². The maximum Gasteiger partial charge on any atom is 0.251 e. The second-order valence-electron chi connectivity index (χ2n) is 5.72. The molecule has 1 aromatic heterocycles. The molecule has 1 N–H and O–H groups in total. The van der Waals surface area contributed by atoms with Gasteiger partial charge in [0.05, 0.1) is 10.7 Å². The van der Waals surface area contributed by atoms with Gasteiger partial charge < -0.3 is 4.98 Å². The summed E-state index contributed by atoms with van der Waals surface area (Å²) in [4.78, 5) is 18.7. The van der Waals surface area contributed by atoms with E-state index in [1.807, 2.05) is 20.8 Å². The van der Waals surface area contributed by atoms with Crippen molar-refractivity contribution in [3.63, 3.8) is 0 Å². The van der Waals surface area contributed by atoms with E-state index in [0.29, 0.717) is 17.1 Å². The molecule has 0 amide bonds. The van der Waals surface area contributed by atoms with Crippen molar-refractivity contribution in [3.05, 3.63) is 62.5 Å². The topological polar surface area (TPSA) is 45.8 Å². The number of hydrogen-bond donors (Lipinski definition) is 1. The minimum Gasteiger partial charge on any atom is -0.310 e. The Labute approximate surface area is 121 Å². The van der Waals surface area contributed by atoms with Crippen LogP contribution >= 0.6 is 11.6 Å². The number of nitrogens with one attached hydrogen (secondary N) is 1. The summed E-state index contributed by atoms with van der Waals surface area (Å²) >= 11 is 5.75. The Bertz CT molecular complexity index is 689. The van der Waals surface area contributed by atoms with Gasteiger partial charge in [-0.15, -0.1) is 0 Å². The van der Waals surface area contributed by atoms with Crippen molar-refractivity contribution in [1.82, 2.24) is 9.97 Å². The fraction of sp³-hybridized carbons (Fsp3) is 0.333. The van der Waals surface area contributed by atoms with E-state index in [9.17, 15) is 9.18 Å². The highest BCUT2D eigenvalue weighted by molar-refractivity contribution is 6.30. The molecule has 0 atom stereocenters. The maximum absolute atomic E-state index is 13.9. The Morgan fingerprint density at radius 2 is 2.05 bits per heavy atom. The van der Waals surface area contributed by atoms with Gasteiger partial charge in [-0.3, -0.25) is 4.79 Å². The van der Waals surface area contributed by atoms with Crippen LogP contribution in [0.2, 0.25) is 5.02 Å². The van der Waals surface area contributed by atoms with Crippen molar-refractivity contribution < 1.29 is 4.39 Å². The molecule has 1 heterocycles. The summed E-state index contributed by atoms with van der Waals surface area (Å²) in [6, 6.07) is 6.26. The third-order valence-corrected chi connectivity index (χ3v) is 3.24. The van der Waals surface area contributed by atoms with E-state index in [2.05, 4.69) is 9.97 Å². The van der Waals surface area contributed by atoms with Gasteiger partial charge in [0.15, 0.2) is 0 Å². The van der Waals surface area contributed by atoms with E-state index in [1.54, 1.807) is 12.1 Å². The van der Waals surface area contributed by atoms with Crippen molar-refractivity contribution in [1.29, 1.82) is 0 Å². The van der Waals surface area contributed by atoms with Gasteiger partial charge >= 0.3 is 0 Å². The van der Waals surface area contributed by atoms with E-state index < -0.39 is 5.82 Å². The molecule has 3 nitrogen and oxygen atoms in total. The maximum atomic E-state index is 13.9. The Hall–Kier alpha value is -1.68. The summed E-state index contributed by atoms with van der Waals surface area (Å²) in [5.74, 6) is -0.0402. The summed E-state index contributed by atoms with van der Waals surface area (Å²) in [5.41, 5.74) is 0.614. The van der Waals surface area contributed by atoms with Crippen molar-refractivity contribution in [2.75, 3.05) is 0 Å². The van der Waals surface area contributed by atoms with E-state index in [0.717, 1.165) is 0 Å². The summed E-state index contributed by atoms with van der Waals surface area (Å²) in [6.45, 7) is 5.91. The summed E-state index contributed by atoms with van der Waals surface area (Å²) in [6.07, 6.45) is 0.200. The number of aromatic nitrogens is 2. The molecule has 0 aliphatic carbocycles. The summed E-state index contributed by atoms with van der Waals surface area (Å²) < 4.78 is 13.9. The zero-order chi connectivity index (χ0) is 14.9. The lowest BCUT2D eigenvalue weighted by Gasteiger charge is -2.18. The first-order chi connectivity index (χ1) is 9.27. The molecule has 106 valence electrons. The number of hydrogen-bond acceptors (Lipinski definition) is 2. The van der Waals surface area contributed by atoms with Crippen LogP contribution in [0.15, 0.2) is 29.1 Å². The fourth-order valence-corrected chi connectivity index (χ4v) is 2.04. The molecule has 0 aliphatic rings. The number of halogens is 2. The molecule has 0 bridgehead atoms. The minimum absolute atomic E-state index is 0.0665. The average Bonchev–Trinajstić information content (AvgIpc) is 2.33. The SMILES string of the molecule is CC(C)(C)c1cc(=O)[nH]c(Cc2cccc(Cl)c2F)n1. The largest absolute Gasteiger partial charge is 0.310 e. The van der Waals surface area contributed by atoms with Crippen molar-refractivity contribution in [2.24, 2.45) is 0 Å². The van der Waals surface area contributed by atoms with Gasteiger partial charge in [0, 0.05) is 17.9 Å². The van der Waals surface area contributed by atoms with Gasteiger partial charge in [0.25, 0.3) is 5.56 Å². The molecule has 0 spiro atoms. The third-order valence-electron chi connectivity index (χ3n) is 2.95. The van der Waals surface area contributed by atoms with E-state index in [1.165, 1.54) is 12.1 Å². The standard InChI is InChI=1S/C15H16ClFN2O/c1-15(2,3)11-8-13(20)19-12(18-11)7-9-5-4-6-10(16)14(9)17/h4-6,8H,7H2,1-3H3,(H,18,19,20). The van der Waals surface area contributed by atoms with E-state index >= 15 is 0 Å².